The molecule has 92 valence electrons. The summed E-state index contributed by atoms with van der Waals surface area (Å²) in [6, 6.07) is 10.4. The predicted octanol–water partition coefficient (Wildman–Crippen LogP) is 2.12. The van der Waals surface area contributed by atoms with Crippen molar-refractivity contribution in [2.45, 2.75) is 19.3 Å². The van der Waals surface area contributed by atoms with Gasteiger partial charge in [-0.3, -0.25) is 0 Å². The van der Waals surface area contributed by atoms with Crippen molar-refractivity contribution in [3.63, 3.8) is 0 Å². The number of rotatable bonds is 3. The fourth-order valence-electron chi connectivity index (χ4n) is 2.45. The molecule has 1 atom stereocenters. The van der Waals surface area contributed by atoms with E-state index in [4.69, 9.17) is 5.73 Å². The number of hydrogen-bond donors (Lipinski definition) is 2. The molecule has 3 N–H and O–H groups in total. The van der Waals surface area contributed by atoms with Gasteiger partial charge in [0.1, 0.15) is 17.5 Å². The predicted molar refractivity (Wildman–Crippen MR) is 72.6 cm³/mol. The van der Waals surface area contributed by atoms with Crippen LogP contribution in [0.5, 0.6) is 0 Å². The van der Waals surface area contributed by atoms with E-state index in [9.17, 15) is 0 Å². The van der Waals surface area contributed by atoms with Crippen LogP contribution in [0.1, 0.15) is 22.9 Å². The summed E-state index contributed by atoms with van der Waals surface area (Å²) >= 11 is 0. The van der Waals surface area contributed by atoms with Gasteiger partial charge in [-0.05, 0) is 24.5 Å². The first-order chi connectivity index (χ1) is 8.72. The van der Waals surface area contributed by atoms with Crippen LogP contribution in [-0.2, 0) is 6.42 Å². The van der Waals surface area contributed by atoms with Crippen molar-refractivity contribution in [3.05, 3.63) is 47.3 Å². The number of hydrogen-bond acceptors (Lipinski definition) is 4. The number of aryl methyl sites for hydroxylation is 1. The van der Waals surface area contributed by atoms with Gasteiger partial charge in [0, 0.05) is 18.5 Å². The highest BCUT2D eigenvalue weighted by molar-refractivity contribution is 5.46. The lowest BCUT2D eigenvalue weighted by atomic mass is 9.77. The molecule has 0 spiro atoms. The summed E-state index contributed by atoms with van der Waals surface area (Å²) in [5.74, 6) is 2.60. The highest BCUT2D eigenvalue weighted by atomic mass is 15.0. The lowest BCUT2D eigenvalue weighted by molar-refractivity contribution is 0.634. The van der Waals surface area contributed by atoms with Crippen LogP contribution in [0.2, 0.25) is 0 Å². The lowest BCUT2D eigenvalue weighted by Crippen LogP contribution is -2.24. The summed E-state index contributed by atoms with van der Waals surface area (Å²) < 4.78 is 0. The van der Waals surface area contributed by atoms with Gasteiger partial charge in [0.25, 0.3) is 0 Å². The minimum absolute atomic E-state index is 0.513. The van der Waals surface area contributed by atoms with Gasteiger partial charge in [0.15, 0.2) is 0 Å². The van der Waals surface area contributed by atoms with Gasteiger partial charge in [-0.25, -0.2) is 9.97 Å². The Bertz CT molecular complexity index is 560. The van der Waals surface area contributed by atoms with Crippen molar-refractivity contribution in [1.82, 2.24) is 9.97 Å². The molecule has 0 fully saturated rings. The Balaban J connectivity index is 1.66. The highest BCUT2D eigenvalue weighted by Gasteiger charge is 2.24. The molecular weight excluding hydrogens is 224 g/mol. The molecule has 0 aliphatic heterocycles. The van der Waals surface area contributed by atoms with Gasteiger partial charge in [0.2, 0.25) is 0 Å². The summed E-state index contributed by atoms with van der Waals surface area (Å²) in [5.41, 5.74) is 8.61. The zero-order chi connectivity index (χ0) is 12.5. The summed E-state index contributed by atoms with van der Waals surface area (Å²) in [4.78, 5) is 8.38. The monoisotopic (exact) mass is 240 g/mol. The van der Waals surface area contributed by atoms with E-state index in [1.807, 2.05) is 6.92 Å². The molecule has 0 amide bonds. The number of nitrogens with one attached hydrogen (secondary N) is 1. The van der Waals surface area contributed by atoms with Crippen molar-refractivity contribution >= 4 is 11.6 Å². The van der Waals surface area contributed by atoms with Gasteiger partial charge in [-0.2, -0.15) is 0 Å². The van der Waals surface area contributed by atoms with Gasteiger partial charge < -0.3 is 11.1 Å². The summed E-state index contributed by atoms with van der Waals surface area (Å²) in [6.07, 6.45) is 1.14. The average Bonchev–Trinajstić information content (AvgIpc) is 2.29. The zero-order valence-corrected chi connectivity index (χ0v) is 10.4. The van der Waals surface area contributed by atoms with E-state index < -0.39 is 0 Å². The summed E-state index contributed by atoms with van der Waals surface area (Å²) in [7, 11) is 0. The van der Waals surface area contributed by atoms with E-state index in [1.165, 1.54) is 11.1 Å². The first-order valence-corrected chi connectivity index (χ1v) is 6.15. The van der Waals surface area contributed by atoms with Crippen molar-refractivity contribution in [1.29, 1.82) is 0 Å². The third-order valence-corrected chi connectivity index (χ3v) is 3.35. The van der Waals surface area contributed by atoms with Crippen LogP contribution in [0, 0.1) is 6.92 Å². The molecule has 1 heterocycles. The van der Waals surface area contributed by atoms with Gasteiger partial charge in [0.05, 0.1) is 0 Å². The molecule has 1 aromatic heterocycles. The van der Waals surface area contributed by atoms with Gasteiger partial charge >= 0.3 is 0 Å². The second-order valence-corrected chi connectivity index (χ2v) is 4.71. The average molecular weight is 240 g/mol. The molecular formula is C14H16N4. The Hall–Kier alpha value is -2.10. The quantitative estimate of drug-likeness (QED) is 0.862. The maximum atomic E-state index is 5.70. The molecule has 1 aliphatic carbocycles. The number of benzene rings is 1. The molecule has 3 rings (SSSR count). The first kappa shape index (κ1) is 11.0. The van der Waals surface area contributed by atoms with Crippen LogP contribution < -0.4 is 11.1 Å². The van der Waals surface area contributed by atoms with Gasteiger partial charge in [-0.15, -0.1) is 0 Å². The van der Waals surface area contributed by atoms with Crippen molar-refractivity contribution in [3.8, 4) is 0 Å². The summed E-state index contributed by atoms with van der Waals surface area (Å²) in [5, 5.41) is 3.34. The first-order valence-electron chi connectivity index (χ1n) is 6.15. The molecule has 1 aromatic carbocycles. The van der Waals surface area contributed by atoms with Gasteiger partial charge in [-0.1, -0.05) is 24.3 Å². The Kier molecular flexibility index (Phi) is 2.63. The number of aromatic nitrogens is 2. The molecule has 0 saturated carbocycles. The molecule has 2 aromatic rings. The maximum absolute atomic E-state index is 5.70. The van der Waals surface area contributed by atoms with Crippen molar-refractivity contribution in [2.24, 2.45) is 0 Å². The smallest absolute Gasteiger partial charge is 0.131 e. The molecule has 18 heavy (non-hydrogen) atoms. The Morgan fingerprint density at radius 1 is 1.33 bits per heavy atom. The van der Waals surface area contributed by atoms with E-state index in [2.05, 4.69) is 39.6 Å². The second-order valence-electron chi connectivity index (χ2n) is 4.71. The molecule has 1 aliphatic rings. The van der Waals surface area contributed by atoms with E-state index in [0.717, 1.165) is 18.8 Å². The molecule has 0 bridgehead atoms. The second kappa shape index (κ2) is 4.29. The van der Waals surface area contributed by atoms with Crippen LogP contribution in [0.3, 0.4) is 0 Å². The molecule has 1 unspecified atom stereocenters. The van der Waals surface area contributed by atoms with E-state index in [-0.39, 0.29) is 0 Å². The van der Waals surface area contributed by atoms with E-state index in [0.29, 0.717) is 17.6 Å². The standard InChI is InChI=1S/C14H16N4/c1-9-17-13(15)7-14(18-9)16-8-11-6-10-4-2-3-5-12(10)11/h2-5,7,11H,6,8H2,1H3,(H3,15,16,17,18). The Morgan fingerprint density at radius 2 is 2.17 bits per heavy atom. The number of nitrogens with two attached hydrogens (primary N) is 1. The fraction of sp³-hybridized carbons (Fsp3) is 0.286. The Morgan fingerprint density at radius 3 is 2.94 bits per heavy atom. The minimum Gasteiger partial charge on any atom is -0.384 e. The van der Waals surface area contributed by atoms with E-state index in [1.54, 1.807) is 6.07 Å². The normalized spacial score (nSPS) is 16.8. The van der Waals surface area contributed by atoms with Crippen molar-refractivity contribution < 1.29 is 0 Å². The molecule has 0 radical (unpaired) electrons. The SMILES string of the molecule is Cc1nc(N)cc(NCC2Cc3ccccc32)n1. The highest BCUT2D eigenvalue weighted by Crippen LogP contribution is 2.34. The largest absolute Gasteiger partial charge is 0.384 e. The molecule has 4 nitrogen and oxygen atoms in total. The number of anilines is 2. The third-order valence-electron chi connectivity index (χ3n) is 3.35. The number of nitrogen functional groups attached to an aromatic ring is 1. The fourth-order valence-corrected chi connectivity index (χ4v) is 2.45. The lowest BCUT2D eigenvalue weighted by Gasteiger charge is -2.30. The third kappa shape index (κ3) is 2.01. The van der Waals surface area contributed by atoms with Crippen molar-refractivity contribution in [2.75, 3.05) is 17.6 Å². The summed E-state index contributed by atoms with van der Waals surface area (Å²) in [6.45, 7) is 2.74. The number of nitrogens with zero attached hydrogens (tertiary/aromatic N) is 2. The molecule has 0 saturated heterocycles. The van der Waals surface area contributed by atoms with Crippen LogP contribution in [0.25, 0.3) is 0 Å². The number of fused-ring (bicyclic) bond motifs is 1. The topological polar surface area (TPSA) is 63.8 Å². The van der Waals surface area contributed by atoms with Crippen LogP contribution in [0.4, 0.5) is 11.6 Å². The van der Waals surface area contributed by atoms with Crippen LogP contribution >= 0.6 is 0 Å². The minimum atomic E-state index is 0.513. The molecule has 4 heteroatoms. The van der Waals surface area contributed by atoms with Crippen LogP contribution in [-0.4, -0.2) is 16.5 Å². The van der Waals surface area contributed by atoms with Crippen LogP contribution in [0.15, 0.2) is 30.3 Å². The van der Waals surface area contributed by atoms with E-state index >= 15 is 0 Å². The Labute approximate surface area is 106 Å². The zero-order valence-electron chi connectivity index (χ0n) is 10.4. The maximum Gasteiger partial charge on any atom is 0.131 e.